The first kappa shape index (κ1) is 68.4. The Hall–Kier alpha value is -2.62. The molecule has 0 saturated heterocycles. The smallest absolute Gasteiger partial charge is 0.287 e. The van der Waals surface area contributed by atoms with E-state index in [2.05, 4.69) is 13.6 Å². The van der Waals surface area contributed by atoms with Crippen LogP contribution in [0, 0.1) is 0 Å². The molecule has 0 atom stereocenters. The summed E-state index contributed by atoms with van der Waals surface area (Å²) in [7, 11) is -6.66. The molecule has 0 fully saturated rings. The van der Waals surface area contributed by atoms with E-state index >= 15 is 0 Å². The molecule has 0 aromatic carbocycles. The van der Waals surface area contributed by atoms with Crippen LogP contribution in [0.5, 0.6) is 0 Å². The summed E-state index contributed by atoms with van der Waals surface area (Å²) < 4.78 is 543. The average Bonchev–Trinajstić information content (AvgIpc) is 3.14. The van der Waals surface area contributed by atoms with Crippen LogP contribution in [0.4, 0.5) is 171 Å². The summed E-state index contributed by atoms with van der Waals surface area (Å²) >= 11 is 0. The van der Waals surface area contributed by atoms with Crippen molar-refractivity contribution < 1.29 is 189 Å². The van der Waals surface area contributed by atoms with Gasteiger partial charge in [-0.15, -0.1) is 0 Å². The van der Waals surface area contributed by atoms with Crippen molar-refractivity contribution in [3.63, 3.8) is 0 Å². The van der Waals surface area contributed by atoms with Crippen molar-refractivity contribution in [2.45, 2.75) is 146 Å². The van der Waals surface area contributed by atoms with E-state index < -0.39 is 174 Å². The van der Waals surface area contributed by atoms with Crippen LogP contribution in [-0.4, -0.2) is 127 Å². The third-order valence-electron chi connectivity index (χ3n) is 8.65. The molecule has 4 nitrogen and oxygen atoms in total. The highest BCUT2D eigenvalue weighted by atomic mass is 31.2. The molecule has 0 spiro atoms. The summed E-state index contributed by atoms with van der Waals surface area (Å²) in [5, 5.41) is 0. The summed E-state index contributed by atoms with van der Waals surface area (Å²) in [6, 6.07) is 0. The Morgan fingerprint density at radius 1 is 0.225 bits per heavy atom. The van der Waals surface area contributed by atoms with Gasteiger partial charge in [0.15, 0.2) is 0 Å². The van der Waals surface area contributed by atoms with Crippen molar-refractivity contribution in [2.24, 2.45) is 0 Å². The Labute approximate surface area is 364 Å². The zero-order chi connectivity index (χ0) is 58.0. The fraction of sp³-hybridized carbons (Fsp3) is 1.00. The van der Waals surface area contributed by atoms with E-state index in [1.165, 1.54) is 0 Å². The SMILES string of the molecule is O=P(OCCCC(F)(F)C(F)(F)C(F)(F)C(F)(F)C(F)(F)C(F)(F)F)(OCCCC(F)(F)C(F)(F)C(F)(F)C(F)(F)C(F)(F)C(F)(F)F)OCCCC(F)(F)C(F)(F)C(F)(F)C(F)(F)C(F)(F)C(F)(F)F. The third-order valence-corrected chi connectivity index (χ3v) is 10.1. The molecule has 0 aromatic heterocycles. The fourth-order valence-electron chi connectivity index (χ4n) is 4.40. The van der Waals surface area contributed by atoms with Crippen molar-refractivity contribution in [1.29, 1.82) is 0 Å². The summed E-state index contributed by atoms with van der Waals surface area (Å²) in [6.45, 7) is -7.43. The summed E-state index contributed by atoms with van der Waals surface area (Å²) in [6.07, 6.45) is -41.3. The number of hydrogen-bond acceptors (Lipinski definition) is 4. The van der Waals surface area contributed by atoms with E-state index in [9.17, 15) is 176 Å². The highest BCUT2D eigenvalue weighted by molar-refractivity contribution is 7.48. The van der Waals surface area contributed by atoms with Gasteiger partial charge in [0.1, 0.15) is 0 Å². The lowest BCUT2D eigenvalue weighted by Crippen LogP contribution is -2.70. The van der Waals surface area contributed by atoms with Gasteiger partial charge < -0.3 is 0 Å². The normalized spacial score (nSPS) is 16.5. The molecule has 0 aliphatic carbocycles. The number of halogens is 39. The zero-order valence-corrected chi connectivity index (χ0v) is 33.1. The first-order valence-electron chi connectivity index (χ1n) is 16.8. The van der Waals surface area contributed by atoms with Crippen LogP contribution in [0.1, 0.15) is 38.5 Å². The minimum Gasteiger partial charge on any atom is -0.287 e. The van der Waals surface area contributed by atoms with Crippen LogP contribution in [0.25, 0.3) is 0 Å². The lowest BCUT2D eigenvalue weighted by atomic mass is 9.92. The average molecular weight is 1180 g/mol. The maximum Gasteiger partial charge on any atom is 0.474 e. The molecule has 0 rings (SSSR count). The van der Waals surface area contributed by atoms with E-state index in [0.29, 0.717) is 0 Å². The standard InChI is InChI=1S/C27H18F39O4P/c28-10(29,13(34,35)16(40,41)19(46,47)22(52,53)25(58,59)60)4-1-7-68-71(67,69-8-2-5-11(30,31)14(36,37)17(42,43)20(48,49)23(54,55)26(61,62)63)70-9-3-6-12(32,33)15(38,39)18(44,45)21(50,51)24(56,57)27(64,65)66/h1-9H2. The highest BCUT2D eigenvalue weighted by Gasteiger charge is 2.93. The first-order chi connectivity index (χ1) is 30.4. The van der Waals surface area contributed by atoms with Gasteiger partial charge in [0, 0.05) is 19.3 Å². The number of hydrogen-bond donors (Lipinski definition) is 0. The van der Waals surface area contributed by atoms with Crippen molar-refractivity contribution in [3.8, 4) is 0 Å². The summed E-state index contributed by atoms with van der Waals surface area (Å²) in [5.41, 5.74) is 0. The molecular formula is C27H18F39O4P. The Balaban J connectivity index is 6.77. The van der Waals surface area contributed by atoms with Gasteiger partial charge in [0.05, 0.1) is 19.8 Å². The Kier molecular flexibility index (Phi) is 18.8. The Morgan fingerprint density at radius 3 is 0.507 bits per heavy atom. The van der Waals surface area contributed by atoms with Gasteiger partial charge in [0.2, 0.25) is 0 Å². The predicted octanol–water partition coefficient (Wildman–Crippen LogP) is 15.7. The highest BCUT2D eigenvalue weighted by Crippen LogP contribution is 2.64. The quantitative estimate of drug-likeness (QED) is 0.0467. The zero-order valence-electron chi connectivity index (χ0n) is 32.2. The summed E-state index contributed by atoms with van der Waals surface area (Å²) in [5.74, 6) is -121. The van der Waals surface area contributed by atoms with E-state index in [4.69, 9.17) is 0 Å². The van der Waals surface area contributed by atoms with Crippen molar-refractivity contribution in [2.75, 3.05) is 19.8 Å². The Bertz CT molecular complexity index is 1620. The van der Waals surface area contributed by atoms with Crippen LogP contribution in [0.2, 0.25) is 0 Å². The van der Waals surface area contributed by atoms with Crippen molar-refractivity contribution in [1.82, 2.24) is 0 Å². The second-order valence-corrected chi connectivity index (χ2v) is 15.4. The lowest BCUT2D eigenvalue weighted by molar-refractivity contribution is -0.440. The van der Waals surface area contributed by atoms with Crippen LogP contribution in [-0.2, 0) is 18.1 Å². The lowest BCUT2D eigenvalue weighted by Gasteiger charge is -2.39. The first-order valence-corrected chi connectivity index (χ1v) is 18.2. The maximum absolute atomic E-state index is 14.1. The van der Waals surface area contributed by atoms with E-state index in [1.807, 2.05) is 0 Å². The molecule has 0 heterocycles. The molecule has 44 heteroatoms. The van der Waals surface area contributed by atoms with Gasteiger partial charge in [-0.05, 0) is 19.3 Å². The molecule has 0 aliphatic rings. The molecule has 0 amide bonds. The number of phosphoric ester groups is 1. The summed E-state index contributed by atoms with van der Waals surface area (Å²) in [4.78, 5) is 0. The second-order valence-electron chi connectivity index (χ2n) is 13.8. The van der Waals surface area contributed by atoms with E-state index in [1.54, 1.807) is 0 Å². The monoisotopic (exact) mass is 1180 g/mol. The number of phosphoric acid groups is 1. The van der Waals surface area contributed by atoms with Gasteiger partial charge >= 0.3 is 115 Å². The van der Waals surface area contributed by atoms with E-state index in [0.717, 1.165) is 0 Å². The van der Waals surface area contributed by atoms with Crippen molar-refractivity contribution >= 4 is 7.82 Å². The van der Waals surface area contributed by atoms with Gasteiger partial charge in [-0.3, -0.25) is 13.6 Å². The van der Waals surface area contributed by atoms with Crippen LogP contribution < -0.4 is 0 Å². The molecule has 0 aliphatic heterocycles. The number of alkyl halides is 39. The van der Waals surface area contributed by atoms with Gasteiger partial charge in [-0.25, -0.2) is 4.57 Å². The van der Waals surface area contributed by atoms with Crippen LogP contribution in [0.15, 0.2) is 0 Å². The topological polar surface area (TPSA) is 44.8 Å². The molecular weight excluding hydrogens is 1160 g/mol. The van der Waals surface area contributed by atoms with Crippen LogP contribution >= 0.6 is 7.82 Å². The maximum atomic E-state index is 14.1. The minimum atomic E-state index is -8.52. The molecule has 428 valence electrons. The molecule has 0 unspecified atom stereocenters. The third kappa shape index (κ3) is 11.3. The second kappa shape index (κ2) is 19.5. The van der Waals surface area contributed by atoms with Gasteiger partial charge in [-0.1, -0.05) is 0 Å². The molecule has 0 N–H and O–H groups in total. The van der Waals surface area contributed by atoms with Gasteiger partial charge in [-0.2, -0.15) is 171 Å². The number of rotatable bonds is 27. The van der Waals surface area contributed by atoms with E-state index in [-0.39, 0.29) is 0 Å². The van der Waals surface area contributed by atoms with Gasteiger partial charge in [0.25, 0.3) is 0 Å². The molecule has 0 radical (unpaired) electrons. The predicted molar refractivity (Wildman–Crippen MR) is 146 cm³/mol. The fourth-order valence-corrected chi connectivity index (χ4v) is 5.68. The van der Waals surface area contributed by atoms with Crippen LogP contribution in [0.3, 0.4) is 0 Å². The molecule has 0 bridgehead atoms. The minimum absolute atomic E-state index is 2.48. The largest absolute Gasteiger partial charge is 0.474 e. The Morgan fingerprint density at radius 2 is 0.366 bits per heavy atom. The van der Waals surface area contributed by atoms with Crippen molar-refractivity contribution in [3.05, 3.63) is 0 Å². The molecule has 0 aromatic rings. The molecule has 0 saturated carbocycles. The molecule has 71 heavy (non-hydrogen) atoms.